The van der Waals surface area contributed by atoms with Gasteiger partial charge >= 0.3 is 0 Å². The molecule has 9 heteroatoms. The molecule has 0 radical (unpaired) electrons. The quantitative estimate of drug-likeness (QED) is 0.932. The number of rotatable bonds is 3. The number of aromatic nitrogens is 2. The number of aryl methyl sites for hydroxylation is 1. The Bertz CT molecular complexity index is 571. The number of halogens is 1. The predicted molar refractivity (Wildman–Crippen MR) is 67.5 cm³/mol. The highest BCUT2D eigenvalue weighted by Gasteiger charge is 2.19. The van der Waals surface area contributed by atoms with Gasteiger partial charge in [-0.05, 0) is 34.5 Å². The molecule has 0 bridgehead atoms. The van der Waals surface area contributed by atoms with Crippen molar-refractivity contribution in [1.82, 2.24) is 9.59 Å². The normalized spacial score (nSPS) is 11.6. The summed E-state index contributed by atoms with van der Waals surface area (Å²) in [6, 6.07) is 1.62. The van der Waals surface area contributed by atoms with Crippen LogP contribution in [0.25, 0.3) is 0 Å². The van der Waals surface area contributed by atoms with Gasteiger partial charge in [0.15, 0.2) is 0 Å². The fourth-order valence-electron chi connectivity index (χ4n) is 0.959. The molecular formula is C7H6BrN3O2S3. The van der Waals surface area contributed by atoms with Crippen LogP contribution < -0.4 is 4.72 Å². The van der Waals surface area contributed by atoms with E-state index in [4.69, 9.17) is 0 Å². The first-order valence-electron chi connectivity index (χ1n) is 4.05. The van der Waals surface area contributed by atoms with E-state index in [9.17, 15) is 8.42 Å². The molecule has 2 aromatic rings. The molecule has 16 heavy (non-hydrogen) atoms. The largest absolute Gasteiger partial charge is 0.272 e. The van der Waals surface area contributed by atoms with Crippen LogP contribution in [0.1, 0.15) is 5.56 Å². The van der Waals surface area contributed by atoms with Crippen molar-refractivity contribution >= 4 is 53.8 Å². The zero-order chi connectivity index (χ0) is 11.8. The van der Waals surface area contributed by atoms with Crippen LogP contribution in [-0.4, -0.2) is 18.0 Å². The molecule has 0 fully saturated rings. The third kappa shape index (κ3) is 2.42. The van der Waals surface area contributed by atoms with Crippen molar-refractivity contribution in [3.05, 3.63) is 21.6 Å². The Kier molecular flexibility index (Phi) is 3.29. The van der Waals surface area contributed by atoms with Crippen LogP contribution in [0.2, 0.25) is 0 Å². The molecule has 2 heterocycles. The Hall–Kier alpha value is -0.510. The summed E-state index contributed by atoms with van der Waals surface area (Å²) >= 11 is 5.46. The zero-order valence-corrected chi connectivity index (χ0v) is 12.0. The van der Waals surface area contributed by atoms with E-state index in [1.165, 1.54) is 17.5 Å². The molecule has 0 unspecified atom stereocenters. The summed E-state index contributed by atoms with van der Waals surface area (Å²) in [6.07, 6.45) is 1.37. The van der Waals surface area contributed by atoms with Crippen molar-refractivity contribution in [2.75, 3.05) is 4.72 Å². The van der Waals surface area contributed by atoms with Gasteiger partial charge in [-0.15, -0.1) is 16.4 Å². The lowest BCUT2D eigenvalue weighted by molar-refractivity contribution is 0.603. The van der Waals surface area contributed by atoms with Crippen LogP contribution in [0.3, 0.4) is 0 Å². The van der Waals surface area contributed by atoms with Crippen molar-refractivity contribution in [3.63, 3.8) is 0 Å². The lowest BCUT2D eigenvalue weighted by Crippen LogP contribution is -2.10. The number of nitrogens with zero attached hydrogens (tertiary/aromatic N) is 2. The van der Waals surface area contributed by atoms with Crippen molar-refractivity contribution in [3.8, 4) is 0 Å². The summed E-state index contributed by atoms with van der Waals surface area (Å²) in [5.74, 6) is 0. The molecule has 2 aromatic heterocycles. The van der Waals surface area contributed by atoms with E-state index in [1.807, 2.05) is 6.92 Å². The third-order valence-electron chi connectivity index (χ3n) is 1.70. The van der Waals surface area contributed by atoms with Gasteiger partial charge in [0, 0.05) is 11.5 Å². The van der Waals surface area contributed by atoms with E-state index in [0.717, 1.165) is 20.9 Å². The summed E-state index contributed by atoms with van der Waals surface area (Å²) < 4.78 is 30.9. The first-order chi connectivity index (χ1) is 7.49. The predicted octanol–water partition coefficient (Wildman–Crippen LogP) is 2.47. The molecule has 0 aromatic carbocycles. The maximum atomic E-state index is 11.9. The van der Waals surface area contributed by atoms with Gasteiger partial charge in [0.1, 0.15) is 9.21 Å². The minimum absolute atomic E-state index is 0.269. The van der Waals surface area contributed by atoms with Crippen molar-refractivity contribution in [1.29, 1.82) is 0 Å². The summed E-state index contributed by atoms with van der Waals surface area (Å²) in [6.45, 7) is 1.84. The molecule has 0 atom stereocenters. The highest BCUT2D eigenvalue weighted by molar-refractivity contribution is 9.11. The van der Waals surface area contributed by atoms with Crippen LogP contribution in [0.4, 0.5) is 5.00 Å². The molecule has 0 aliphatic heterocycles. The van der Waals surface area contributed by atoms with Gasteiger partial charge in [0.05, 0.1) is 9.98 Å². The lowest BCUT2D eigenvalue weighted by Gasteiger charge is -2.00. The van der Waals surface area contributed by atoms with E-state index in [-0.39, 0.29) is 4.21 Å². The van der Waals surface area contributed by atoms with E-state index < -0.39 is 10.0 Å². The standard InChI is InChI=1S/C7H6BrN3O2S3/c1-4-2-6(14-7(4)8)16(12,13)10-5-3-9-11-15-5/h2-3,10H,1H3. The molecule has 0 aliphatic rings. The van der Waals surface area contributed by atoms with Crippen LogP contribution in [0.15, 0.2) is 20.3 Å². The molecule has 0 aliphatic carbocycles. The van der Waals surface area contributed by atoms with Crippen LogP contribution in [0, 0.1) is 6.92 Å². The first kappa shape index (κ1) is 12.0. The van der Waals surface area contributed by atoms with Gasteiger partial charge in [-0.25, -0.2) is 8.42 Å². The van der Waals surface area contributed by atoms with Gasteiger partial charge in [-0.2, -0.15) is 0 Å². The SMILES string of the molecule is Cc1cc(S(=O)(=O)Nc2cnns2)sc1Br. The molecular weight excluding hydrogens is 334 g/mol. The molecule has 0 spiro atoms. The number of sulfonamides is 1. The van der Waals surface area contributed by atoms with E-state index in [1.54, 1.807) is 6.07 Å². The van der Waals surface area contributed by atoms with Crippen molar-refractivity contribution < 1.29 is 8.42 Å². The Morgan fingerprint density at radius 1 is 1.50 bits per heavy atom. The highest BCUT2D eigenvalue weighted by Crippen LogP contribution is 2.31. The van der Waals surface area contributed by atoms with Crippen LogP contribution >= 0.6 is 38.8 Å². The van der Waals surface area contributed by atoms with Crippen LogP contribution in [0.5, 0.6) is 0 Å². The fourth-order valence-corrected chi connectivity index (χ4v) is 4.87. The molecule has 86 valence electrons. The van der Waals surface area contributed by atoms with Gasteiger partial charge in [0.2, 0.25) is 0 Å². The first-order valence-corrected chi connectivity index (χ1v) is 7.92. The second-order valence-electron chi connectivity index (χ2n) is 2.91. The molecule has 1 N–H and O–H groups in total. The number of hydrogen-bond donors (Lipinski definition) is 1. The maximum Gasteiger partial charge on any atom is 0.272 e. The van der Waals surface area contributed by atoms with Crippen molar-refractivity contribution in [2.24, 2.45) is 0 Å². The number of thiophene rings is 1. The molecule has 2 rings (SSSR count). The Morgan fingerprint density at radius 2 is 2.25 bits per heavy atom. The second kappa shape index (κ2) is 4.40. The molecule has 5 nitrogen and oxygen atoms in total. The van der Waals surface area contributed by atoms with Gasteiger partial charge in [-0.3, -0.25) is 4.72 Å². The van der Waals surface area contributed by atoms with E-state index >= 15 is 0 Å². The Labute approximate surface area is 109 Å². The zero-order valence-electron chi connectivity index (χ0n) is 7.97. The molecule has 0 saturated heterocycles. The van der Waals surface area contributed by atoms with Crippen LogP contribution in [-0.2, 0) is 10.0 Å². The average Bonchev–Trinajstić information content (AvgIpc) is 2.78. The minimum Gasteiger partial charge on any atom is -0.267 e. The molecule has 0 saturated carbocycles. The highest BCUT2D eigenvalue weighted by atomic mass is 79.9. The lowest BCUT2D eigenvalue weighted by atomic mass is 10.4. The topological polar surface area (TPSA) is 72.0 Å². The van der Waals surface area contributed by atoms with Crippen molar-refractivity contribution in [2.45, 2.75) is 11.1 Å². The van der Waals surface area contributed by atoms with E-state index in [0.29, 0.717) is 5.00 Å². The smallest absolute Gasteiger partial charge is 0.267 e. The summed E-state index contributed by atoms with van der Waals surface area (Å²) in [5, 5.41) is 3.96. The van der Waals surface area contributed by atoms with E-state index in [2.05, 4.69) is 30.2 Å². The fraction of sp³-hybridized carbons (Fsp3) is 0.143. The van der Waals surface area contributed by atoms with Gasteiger partial charge in [-0.1, -0.05) is 4.49 Å². The number of nitrogens with one attached hydrogen (secondary N) is 1. The summed E-state index contributed by atoms with van der Waals surface area (Å²) in [7, 11) is -3.52. The number of anilines is 1. The third-order valence-corrected chi connectivity index (χ3v) is 6.38. The summed E-state index contributed by atoms with van der Waals surface area (Å²) in [5.41, 5.74) is 0.896. The monoisotopic (exact) mass is 339 g/mol. The molecule has 0 amide bonds. The Balaban J connectivity index is 2.32. The Morgan fingerprint density at radius 3 is 2.75 bits per heavy atom. The van der Waals surface area contributed by atoms with Gasteiger partial charge in [0.25, 0.3) is 10.0 Å². The summed E-state index contributed by atoms with van der Waals surface area (Å²) in [4.78, 5) is 0. The van der Waals surface area contributed by atoms with Gasteiger partial charge < -0.3 is 0 Å². The maximum absolute atomic E-state index is 11.9. The number of hydrogen-bond acceptors (Lipinski definition) is 6. The average molecular weight is 340 g/mol. The minimum atomic E-state index is -3.52. The second-order valence-corrected chi connectivity index (χ2v) is 7.97.